The van der Waals surface area contributed by atoms with Gasteiger partial charge in [0, 0.05) is 11.1 Å². The van der Waals surface area contributed by atoms with E-state index in [0.717, 1.165) is 22.8 Å². The predicted molar refractivity (Wildman–Crippen MR) is 47.5 cm³/mol. The van der Waals surface area contributed by atoms with Crippen LogP contribution in [0, 0.1) is 0 Å². The highest BCUT2D eigenvalue weighted by Gasteiger charge is 2.02. The minimum atomic E-state index is 0.725. The van der Waals surface area contributed by atoms with Crippen LogP contribution in [0.2, 0.25) is 0 Å². The first-order valence-corrected chi connectivity index (χ1v) is 4.86. The fourth-order valence-electron chi connectivity index (χ4n) is 0.686. The number of halogens is 1. The second-order valence-electron chi connectivity index (χ2n) is 2.47. The summed E-state index contributed by atoms with van der Waals surface area (Å²) in [5.41, 5.74) is 0. The first-order valence-electron chi connectivity index (χ1n) is 3.38. The van der Waals surface area contributed by atoms with Gasteiger partial charge < -0.3 is 0 Å². The van der Waals surface area contributed by atoms with Crippen LogP contribution in [-0.4, -0.2) is 16.4 Å². The van der Waals surface area contributed by atoms with Gasteiger partial charge >= 0.3 is 0 Å². The van der Waals surface area contributed by atoms with Crippen LogP contribution in [0.3, 0.4) is 0 Å². The molecule has 0 aliphatic rings. The third-order valence-corrected chi connectivity index (χ3v) is 2.48. The normalized spacial score (nSPS) is 14.3. The van der Waals surface area contributed by atoms with Crippen molar-refractivity contribution in [3.05, 3.63) is 0 Å². The molecule has 1 unspecified atom stereocenters. The summed E-state index contributed by atoms with van der Waals surface area (Å²) in [7, 11) is 0. The minimum Gasteiger partial charge on any atom is -0.156 e. The molecule has 0 amide bonds. The Hall–Kier alpha value is 0.640. The van der Waals surface area contributed by atoms with Crippen molar-refractivity contribution < 1.29 is 0 Å². The Morgan fingerprint density at radius 3 is 2.22 bits per heavy atom. The average Bonchev–Trinajstić information content (AvgIpc) is 1.63. The lowest BCUT2D eigenvalue weighted by molar-refractivity contribution is 0.902. The summed E-state index contributed by atoms with van der Waals surface area (Å²) >= 11 is 7.56. The second kappa shape index (κ2) is 5.43. The summed E-state index contributed by atoms with van der Waals surface area (Å²) in [5, 5.41) is 1.46. The largest absolute Gasteiger partial charge is 0.156 e. The maximum absolute atomic E-state index is 5.57. The van der Waals surface area contributed by atoms with E-state index in [1.54, 1.807) is 0 Å². The zero-order valence-corrected chi connectivity index (χ0v) is 7.93. The minimum absolute atomic E-state index is 0.725. The van der Waals surface area contributed by atoms with Crippen LogP contribution >= 0.6 is 23.4 Å². The summed E-state index contributed by atoms with van der Waals surface area (Å²) in [6.45, 7) is 6.66. The SMILES string of the molecule is CC(C)SC(C)CCCl. The lowest BCUT2D eigenvalue weighted by atomic mass is 10.4. The van der Waals surface area contributed by atoms with Crippen molar-refractivity contribution in [2.45, 2.75) is 37.7 Å². The number of rotatable bonds is 4. The van der Waals surface area contributed by atoms with E-state index < -0.39 is 0 Å². The first-order chi connectivity index (χ1) is 4.16. The third-order valence-electron chi connectivity index (χ3n) is 1.02. The topological polar surface area (TPSA) is 0 Å². The standard InChI is InChI=1S/C7H15ClS/c1-6(2)9-7(3)4-5-8/h6-7H,4-5H2,1-3H3. The van der Waals surface area contributed by atoms with Crippen LogP contribution in [0.1, 0.15) is 27.2 Å². The van der Waals surface area contributed by atoms with E-state index in [-0.39, 0.29) is 0 Å². The van der Waals surface area contributed by atoms with Crippen LogP contribution in [0.4, 0.5) is 0 Å². The van der Waals surface area contributed by atoms with E-state index in [2.05, 4.69) is 20.8 Å². The molecule has 0 aromatic carbocycles. The molecule has 0 rings (SSSR count). The van der Waals surface area contributed by atoms with Gasteiger partial charge in [0.05, 0.1) is 0 Å². The van der Waals surface area contributed by atoms with Gasteiger partial charge in [0.15, 0.2) is 0 Å². The zero-order valence-electron chi connectivity index (χ0n) is 6.36. The maximum atomic E-state index is 5.57. The lowest BCUT2D eigenvalue weighted by Gasteiger charge is -2.10. The molecule has 0 nitrogen and oxygen atoms in total. The Labute approximate surface area is 67.4 Å². The highest BCUT2D eigenvalue weighted by atomic mass is 35.5. The van der Waals surface area contributed by atoms with Gasteiger partial charge in [-0.2, -0.15) is 11.8 Å². The monoisotopic (exact) mass is 166 g/mol. The molecule has 0 fully saturated rings. The molecule has 9 heavy (non-hydrogen) atoms. The van der Waals surface area contributed by atoms with Crippen molar-refractivity contribution >= 4 is 23.4 Å². The molecular formula is C7H15ClS. The summed E-state index contributed by atoms with van der Waals surface area (Å²) in [6, 6.07) is 0. The molecule has 0 aliphatic heterocycles. The van der Waals surface area contributed by atoms with Crippen LogP contribution in [0.15, 0.2) is 0 Å². The Balaban J connectivity index is 3.15. The average molecular weight is 167 g/mol. The molecule has 0 bridgehead atoms. The number of hydrogen-bond donors (Lipinski definition) is 0. The van der Waals surface area contributed by atoms with Gasteiger partial charge in [0.1, 0.15) is 0 Å². The quantitative estimate of drug-likeness (QED) is 0.579. The van der Waals surface area contributed by atoms with E-state index in [9.17, 15) is 0 Å². The first kappa shape index (κ1) is 9.64. The lowest BCUT2D eigenvalue weighted by Crippen LogP contribution is -2.01. The molecule has 0 N–H and O–H groups in total. The van der Waals surface area contributed by atoms with Gasteiger partial charge in [-0.3, -0.25) is 0 Å². The molecule has 1 atom stereocenters. The molecule has 56 valence electrons. The van der Waals surface area contributed by atoms with Crippen LogP contribution < -0.4 is 0 Å². The molecule has 0 spiro atoms. The van der Waals surface area contributed by atoms with E-state index >= 15 is 0 Å². The van der Waals surface area contributed by atoms with Gasteiger partial charge in [-0.05, 0) is 11.7 Å². The molecule has 0 saturated carbocycles. The third kappa shape index (κ3) is 6.53. The van der Waals surface area contributed by atoms with Crippen molar-refractivity contribution in [3.63, 3.8) is 0 Å². The second-order valence-corrected chi connectivity index (χ2v) is 4.87. The highest BCUT2D eigenvalue weighted by molar-refractivity contribution is 8.00. The number of alkyl halides is 1. The van der Waals surface area contributed by atoms with Crippen LogP contribution in [0.5, 0.6) is 0 Å². The Morgan fingerprint density at radius 1 is 1.33 bits per heavy atom. The Morgan fingerprint density at radius 2 is 1.89 bits per heavy atom. The summed E-state index contributed by atoms with van der Waals surface area (Å²) in [4.78, 5) is 0. The molecular weight excluding hydrogens is 152 g/mol. The molecule has 0 saturated heterocycles. The van der Waals surface area contributed by atoms with Gasteiger partial charge in [-0.15, -0.1) is 11.6 Å². The fraction of sp³-hybridized carbons (Fsp3) is 1.00. The van der Waals surface area contributed by atoms with Crippen molar-refractivity contribution in [1.29, 1.82) is 0 Å². The molecule has 2 heteroatoms. The summed E-state index contributed by atoms with van der Waals surface area (Å²) < 4.78 is 0. The molecule has 0 radical (unpaired) electrons. The zero-order chi connectivity index (χ0) is 7.28. The molecule has 0 aromatic heterocycles. The van der Waals surface area contributed by atoms with E-state index in [4.69, 9.17) is 11.6 Å². The van der Waals surface area contributed by atoms with Crippen molar-refractivity contribution in [3.8, 4) is 0 Å². The Kier molecular flexibility index (Phi) is 5.81. The predicted octanol–water partition coefficient (Wildman–Crippen LogP) is 3.15. The van der Waals surface area contributed by atoms with Crippen LogP contribution in [0.25, 0.3) is 0 Å². The van der Waals surface area contributed by atoms with E-state index in [1.807, 2.05) is 11.8 Å². The fourth-order valence-corrected chi connectivity index (χ4v) is 2.33. The molecule has 0 aliphatic carbocycles. The van der Waals surface area contributed by atoms with E-state index in [0.29, 0.717) is 0 Å². The van der Waals surface area contributed by atoms with Crippen molar-refractivity contribution in [2.24, 2.45) is 0 Å². The summed E-state index contributed by atoms with van der Waals surface area (Å²) in [5.74, 6) is 0.793. The highest BCUT2D eigenvalue weighted by Crippen LogP contribution is 2.19. The van der Waals surface area contributed by atoms with Gasteiger partial charge in [0.2, 0.25) is 0 Å². The number of hydrogen-bond acceptors (Lipinski definition) is 1. The molecule has 0 heterocycles. The van der Waals surface area contributed by atoms with Gasteiger partial charge in [-0.1, -0.05) is 20.8 Å². The summed E-state index contributed by atoms with van der Waals surface area (Å²) in [6.07, 6.45) is 1.13. The smallest absolute Gasteiger partial charge is 0.0233 e. The van der Waals surface area contributed by atoms with Crippen LogP contribution in [-0.2, 0) is 0 Å². The number of thioether (sulfide) groups is 1. The van der Waals surface area contributed by atoms with Gasteiger partial charge in [0.25, 0.3) is 0 Å². The van der Waals surface area contributed by atoms with Crippen molar-refractivity contribution in [2.75, 3.05) is 5.88 Å². The van der Waals surface area contributed by atoms with E-state index in [1.165, 1.54) is 0 Å². The molecule has 0 aromatic rings. The van der Waals surface area contributed by atoms with Crippen molar-refractivity contribution in [1.82, 2.24) is 0 Å². The van der Waals surface area contributed by atoms with Gasteiger partial charge in [-0.25, -0.2) is 0 Å². The maximum Gasteiger partial charge on any atom is 0.0233 e. The Bertz CT molecular complexity index is 63.9.